The van der Waals surface area contributed by atoms with Gasteiger partial charge in [0.25, 0.3) is 0 Å². The molecule has 1 aromatic carbocycles. The maximum absolute atomic E-state index is 9.24. The van der Waals surface area contributed by atoms with Gasteiger partial charge in [0, 0.05) is 11.8 Å². The van der Waals surface area contributed by atoms with E-state index in [0.29, 0.717) is 17.2 Å². The third-order valence-electron chi connectivity index (χ3n) is 2.62. The molecule has 2 heterocycles. The Kier molecular flexibility index (Phi) is 2.86. The van der Waals surface area contributed by atoms with Crippen molar-refractivity contribution in [1.82, 2.24) is 20.2 Å². The predicted molar refractivity (Wildman–Crippen MR) is 70.2 cm³/mol. The molecule has 0 aliphatic heterocycles. The highest BCUT2D eigenvalue weighted by atomic mass is 16.3. The van der Waals surface area contributed by atoms with Gasteiger partial charge in [-0.1, -0.05) is 6.07 Å². The summed E-state index contributed by atoms with van der Waals surface area (Å²) < 4.78 is 0. The summed E-state index contributed by atoms with van der Waals surface area (Å²) in [6, 6.07) is 12.3. The molecule has 0 bridgehead atoms. The van der Waals surface area contributed by atoms with Crippen molar-refractivity contribution in [2.45, 2.75) is 0 Å². The average molecular weight is 250 g/mol. The number of phenols is 1. The molecule has 0 amide bonds. The molecule has 0 radical (unpaired) electrons. The van der Waals surface area contributed by atoms with Crippen molar-refractivity contribution in [1.29, 1.82) is 0 Å². The molecule has 0 aliphatic rings. The summed E-state index contributed by atoms with van der Waals surface area (Å²) >= 11 is 0. The summed E-state index contributed by atoms with van der Waals surface area (Å²) in [5.74, 6) is 0.706. The summed E-state index contributed by atoms with van der Waals surface area (Å²) in [7, 11) is 0. The van der Waals surface area contributed by atoms with Crippen molar-refractivity contribution < 1.29 is 5.11 Å². The fourth-order valence-corrected chi connectivity index (χ4v) is 1.65. The van der Waals surface area contributed by atoms with Crippen LogP contribution in [0.1, 0.15) is 0 Å². The zero-order valence-corrected chi connectivity index (χ0v) is 9.93. The van der Waals surface area contributed by atoms with E-state index in [1.165, 1.54) is 0 Å². The van der Waals surface area contributed by atoms with Crippen molar-refractivity contribution >= 4 is 0 Å². The number of phenolic OH excluding ortho intramolecular Hbond substituents is 1. The molecular formula is C14H10N4O. The Morgan fingerprint density at radius 1 is 0.789 bits per heavy atom. The second-order valence-electron chi connectivity index (χ2n) is 3.93. The molecule has 0 saturated carbocycles. The quantitative estimate of drug-likeness (QED) is 0.755. The van der Waals surface area contributed by atoms with Crippen LogP contribution >= 0.6 is 0 Å². The molecular weight excluding hydrogens is 240 g/mol. The van der Waals surface area contributed by atoms with Crippen LogP contribution in [0.15, 0.2) is 54.9 Å². The highest BCUT2D eigenvalue weighted by Crippen LogP contribution is 2.19. The van der Waals surface area contributed by atoms with Crippen molar-refractivity contribution in [3.63, 3.8) is 0 Å². The van der Waals surface area contributed by atoms with E-state index >= 15 is 0 Å². The third kappa shape index (κ3) is 2.40. The van der Waals surface area contributed by atoms with Crippen LogP contribution in [-0.2, 0) is 0 Å². The van der Waals surface area contributed by atoms with E-state index in [4.69, 9.17) is 0 Å². The van der Waals surface area contributed by atoms with Crippen LogP contribution in [0, 0.1) is 0 Å². The zero-order chi connectivity index (χ0) is 13.1. The van der Waals surface area contributed by atoms with Gasteiger partial charge in [-0.25, -0.2) is 4.98 Å². The van der Waals surface area contributed by atoms with Crippen molar-refractivity contribution in [3.05, 3.63) is 54.9 Å². The summed E-state index contributed by atoms with van der Waals surface area (Å²) in [6.45, 7) is 0. The molecule has 1 N–H and O–H groups in total. The average Bonchev–Trinajstić information content (AvgIpc) is 2.49. The van der Waals surface area contributed by atoms with Crippen molar-refractivity contribution in [2.75, 3.05) is 0 Å². The van der Waals surface area contributed by atoms with Crippen LogP contribution in [0.25, 0.3) is 22.8 Å². The predicted octanol–water partition coefficient (Wildman–Crippen LogP) is 2.31. The Bertz CT molecular complexity index is 666. The number of rotatable bonds is 2. The Morgan fingerprint density at radius 3 is 2.26 bits per heavy atom. The zero-order valence-electron chi connectivity index (χ0n) is 9.93. The monoisotopic (exact) mass is 250 g/mol. The van der Waals surface area contributed by atoms with Crippen LogP contribution in [0.5, 0.6) is 5.75 Å². The molecule has 19 heavy (non-hydrogen) atoms. The lowest BCUT2D eigenvalue weighted by Gasteiger charge is -2.01. The molecule has 2 aromatic heterocycles. The second-order valence-corrected chi connectivity index (χ2v) is 3.93. The minimum Gasteiger partial charge on any atom is -0.508 e. The standard InChI is InChI=1S/C14H10N4O/c19-11-6-4-10(5-7-11)13-9-16-14(18-17-13)12-3-1-2-8-15-12/h1-9,19H. The van der Waals surface area contributed by atoms with Gasteiger partial charge in [-0.3, -0.25) is 4.98 Å². The normalized spacial score (nSPS) is 10.3. The molecule has 0 unspecified atom stereocenters. The maximum atomic E-state index is 9.24. The fourth-order valence-electron chi connectivity index (χ4n) is 1.65. The van der Waals surface area contributed by atoms with Gasteiger partial charge in [-0.2, -0.15) is 0 Å². The van der Waals surface area contributed by atoms with Crippen LogP contribution in [0.4, 0.5) is 0 Å². The van der Waals surface area contributed by atoms with Gasteiger partial charge in [0.05, 0.1) is 6.20 Å². The highest BCUT2D eigenvalue weighted by Gasteiger charge is 2.05. The van der Waals surface area contributed by atoms with E-state index in [0.717, 1.165) is 5.56 Å². The molecule has 5 nitrogen and oxygen atoms in total. The minimum atomic E-state index is 0.217. The summed E-state index contributed by atoms with van der Waals surface area (Å²) in [5, 5.41) is 17.4. The van der Waals surface area contributed by atoms with Crippen molar-refractivity contribution in [3.8, 4) is 28.5 Å². The first-order valence-electron chi connectivity index (χ1n) is 5.73. The second kappa shape index (κ2) is 4.81. The molecule has 0 spiro atoms. The fraction of sp³-hybridized carbons (Fsp3) is 0. The van der Waals surface area contributed by atoms with Gasteiger partial charge < -0.3 is 5.11 Å². The number of hydrogen-bond donors (Lipinski definition) is 1. The Hall–Kier alpha value is -2.82. The van der Waals surface area contributed by atoms with E-state index in [2.05, 4.69) is 20.2 Å². The van der Waals surface area contributed by atoms with E-state index in [1.54, 1.807) is 36.7 Å². The van der Waals surface area contributed by atoms with Gasteiger partial charge in [0.1, 0.15) is 17.1 Å². The van der Waals surface area contributed by atoms with Crippen LogP contribution in [-0.4, -0.2) is 25.3 Å². The first-order valence-corrected chi connectivity index (χ1v) is 5.73. The van der Waals surface area contributed by atoms with E-state index in [-0.39, 0.29) is 5.75 Å². The molecule has 3 rings (SSSR count). The Balaban J connectivity index is 1.93. The van der Waals surface area contributed by atoms with Gasteiger partial charge in [0.2, 0.25) is 0 Å². The Labute approximate surface area is 109 Å². The first-order chi connectivity index (χ1) is 9.33. The molecule has 0 saturated heterocycles. The number of pyridine rings is 1. The van der Waals surface area contributed by atoms with E-state index in [1.807, 2.05) is 18.2 Å². The van der Waals surface area contributed by atoms with Gasteiger partial charge in [0.15, 0.2) is 5.82 Å². The topological polar surface area (TPSA) is 71.8 Å². The van der Waals surface area contributed by atoms with Crippen LogP contribution < -0.4 is 0 Å². The summed E-state index contributed by atoms with van der Waals surface area (Å²) in [4.78, 5) is 8.41. The van der Waals surface area contributed by atoms with Crippen LogP contribution in [0.3, 0.4) is 0 Å². The molecule has 0 fully saturated rings. The number of aromatic nitrogens is 4. The number of benzene rings is 1. The lowest BCUT2D eigenvalue weighted by atomic mass is 10.1. The number of aromatic hydroxyl groups is 1. The minimum absolute atomic E-state index is 0.217. The van der Waals surface area contributed by atoms with E-state index < -0.39 is 0 Å². The van der Waals surface area contributed by atoms with Gasteiger partial charge >= 0.3 is 0 Å². The molecule has 5 heteroatoms. The maximum Gasteiger partial charge on any atom is 0.200 e. The molecule has 3 aromatic rings. The number of hydrogen-bond acceptors (Lipinski definition) is 5. The summed E-state index contributed by atoms with van der Waals surface area (Å²) in [6.07, 6.45) is 3.33. The van der Waals surface area contributed by atoms with Gasteiger partial charge in [-0.05, 0) is 36.4 Å². The molecule has 92 valence electrons. The smallest absolute Gasteiger partial charge is 0.200 e. The number of nitrogens with zero attached hydrogens (tertiary/aromatic N) is 4. The lowest BCUT2D eigenvalue weighted by molar-refractivity contribution is 0.475. The largest absolute Gasteiger partial charge is 0.508 e. The lowest BCUT2D eigenvalue weighted by Crippen LogP contribution is -1.95. The van der Waals surface area contributed by atoms with Gasteiger partial charge in [-0.15, -0.1) is 10.2 Å². The highest BCUT2D eigenvalue weighted by molar-refractivity contribution is 5.59. The summed E-state index contributed by atoms with van der Waals surface area (Å²) in [5.41, 5.74) is 2.19. The van der Waals surface area contributed by atoms with E-state index in [9.17, 15) is 5.11 Å². The molecule has 0 atom stereocenters. The third-order valence-corrected chi connectivity index (χ3v) is 2.62. The first kappa shape index (κ1) is 11.3. The Morgan fingerprint density at radius 2 is 1.63 bits per heavy atom. The van der Waals surface area contributed by atoms with Crippen LogP contribution in [0.2, 0.25) is 0 Å². The van der Waals surface area contributed by atoms with Crippen molar-refractivity contribution in [2.24, 2.45) is 0 Å². The molecule has 0 aliphatic carbocycles. The SMILES string of the molecule is Oc1ccc(-c2cnc(-c3ccccn3)nn2)cc1.